The number of benzene rings is 1. The maximum Gasteiger partial charge on any atom is 0.122 e. The summed E-state index contributed by atoms with van der Waals surface area (Å²) in [5, 5.41) is 1.23. The molecular formula is C11H14Cl2O. The molecule has 0 fully saturated rings. The minimum atomic E-state index is 0.614. The van der Waals surface area contributed by atoms with E-state index in [4.69, 9.17) is 27.9 Å². The van der Waals surface area contributed by atoms with Gasteiger partial charge in [-0.2, -0.15) is 0 Å². The van der Waals surface area contributed by atoms with E-state index in [2.05, 4.69) is 6.92 Å². The van der Waals surface area contributed by atoms with E-state index >= 15 is 0 Å². The van der Waals surface area contributed by atoms with Crippen molar-refractivity contribution in [3.8, 4) is 5.75 Å². The fourth-order valence-corrected chi connectivity index (χ4v) is 1.66. The van der Waals surface area contributed by atoms with Gasteiger partial charge in [0.15, 0.2) is 0 Å². The average Bonchev–Trinajstić information content (AvgIpc) is 2.11. The van der Waals surface area contributed by atoms with Crippen molar-refractivity contribution < 1.29 is 4.74 Å². The molecule has 0 aliphatic heterocycles. The van der Waals surface area contributed by atoms with Crippen molar-refractivity contribution in [1.82, 2.24) is 0 Å². The van der Waals surface area contributed by atoms with E-state index in [0.717, 1.165) is 18.8 Å². The van der Waals surface area contributed by atoms with E-state index in [0.29, 0.717) is 10.0 Å². The second-order valence-electron chi connectivity index (χ2n) is 3.16. The summed E-state index contributed by atoms with van der Waals surface area (Å²) in [5.41, 5.74) is 0. The van der Waals surface area contributed by atoms with Gasteiger partial charge in [0, 0.05) is 10.0 Å². The SMILES string of the molecule is CCCCCOc1cc(Cl)cc(Cl)c1. The highest BCUT2D eigenvalue weighted by molar-refractivity contribution is 6.34. The van der Waals surface area contributed by atoms with Crippen LogP contribution in [0, 0.1) is 0 Å². The molecule has 0 saturated carbocycles. The van der Waals surface area contributed by atoms with Crippen molar-refractivity contribution in [1.29, 1.82) is 0 Å². The van der Waals surface area contributed by atoms with Crippen molar-refractivity contribution in [2.45, 2.75) is 26.2 Å². The van der Waals surface area contributed by atoms with Crippen LogP contribution in [0.3, 0.4) is 0 Å². The zero-order valence-corrected chi connectivity index (χ0v) is 9.74. The van der Waals surface area contributed by atoms with E-state index in [1.54, 1.807) is 18.2 Å². The number of rotatable bonds is 5. The Labute approximate surface area is 95.0 Å². The average molecular weight is 233 g/mol. The largest absolute Gasteiger partial charge is 0.493 e. The molecule has 0 aliphatic rings. The van der Waals surface area contributed by atoms with E-state index in [9.17, 15) is 0 Å². The molecule has 0 bridgehead atoms. The van der Waals surface area contributed by atoms with Gasteiger partial charge in [-0.1, -0.05) is 43.0 Å². The van der Waals surface area contributed by atoms with Crippen LogP contribution in [0.25, 0.3) is 0 Å². The first kappa shape index (κ1) is 11.7. The standard InChI is InChI=1S/C11H14Cl2O/c1-2-3-4-5-14-11-7-9(12)6-10(13)8-11/h6-8H,2-5H2,1H3. The molecule has 1 aromatic rings. The molecule has 0 radical (unpaired) electrons. The Balaban J connectivity index is 2.42. The van der Waals surface area contributed by atoms with Crippen LogP contribution in [0.4, 0.5) is 0 Å². The topological polar surface area (TPSA) is 9.23 Å². The molecule has 0 aliphatic carbocycles. The summed E-state index contributed by atoms with van der Waals surface area (Å²) in [5.74, 6) is 0.749. The minimum Gasteiger partial charge on any atom is -0.493 e. The van der Waals surface area contributed by atoms with Gasteiger partial charge in [0.05, 0.1) is 6.61 Å². The highest BCUT2D eigenvalue weighted by Gasteiger charge is 1.98. The normalized spacial score (nSPS) is 10.2. The highest BCUT2D eigenvalue weighted by Crippen LogP contribution is 2.24. The Bertz CT molecular complexity index is 266. The third-order valence-corrected chi connectivity index (χ3v) is 2.29. The lowest BCUT2D eigenvalue weighted by atomic mass is 10.3. The van der Waals surface area contributed by atoms with Crippen molar-refractivity contribution in [3.05, 3.63) is 28.2 Å². The monoisotopic (exact) mass is 232 g/mol. The van der Waals surface area contributed by atoms with Crippen molar-refractivity contribution >= 4 is 23.2 Å². The molecule has 14 heavy (non-hydrogen) atoms. The minimum absolute atomic E-state index is 0.614. The van der Waals surface area contributed by atoms with Crippen LogP contribution in [-0.2, 0) is 0 Å². The Morgan fingerprint density at radius 2 is 1.71 bits per heavy atom. The van der Waals surface area contributed by atoms with E-state index in [1.807, 2.05) is 0 Å². The first-order chi connectivity index (χ1) is 6.72. The van der Waals surface area contributed by atoms with Gasteiger partial charge in [-0.15, -0.1) is 0 Å². The van der Waals surface area contributed by atoms with Gasteiger partial charge in [-0.25, -0.2) is 0 Å². The number of unbranched alkanes of at least 4 members (excludes halogenated alkanes) is 2. The molecule has 0 aromatic heterocycles. The van der Waals surface area contributed by atoms with E-state index < -0.39 is 0 Å². The summed E-state index contributed by atoms with van der Waals surface area (Å²) in [6.45, 7) is 2.89. The molecule has 0 N–H and O–H groups in total. The Morgan fingerprint density at radius 3 is 2.29 bits per heavy atom. The molecule has 0 amide bonds. The quantitative estimate of drug-likeness (QED) is 0.677. The van der Waals surface area contributed by atoms with Gasteiger partial charge in [-0.3, -0.25) is 0 Å². The maximum atomic E-state index is 5.83. The van der Waals surface area contributed by atoms with Crippen molar-refractivity contribution in [2.24, 2.45) is 0 Å². The lowest BCUT2D eigenvalue weighted by Gasteiger charge is -2.06. The van der Waals surface area contributed by atoms with E-state index in [-0.39, 0.29) is 0 Å². The Hall–Kier alpha value is -0.400. The van der Waals surface area contributed by atoms with Crippen LogP contribution in [0.5, 0.6) is 5.75 Å². The van der Waals surface area contributed by atoms with Crippen LogP contribution in [0.2, 0.25) is 10.0 Å². The summed E-state index contributed by atoms with van der Waals surface area (Å²) >= 11 is 11.7. The van der Waals surface area contributed by atoms with Gasteiger partial charge in [0.1, 0.15) is 5.75 Å². The molecule has 78 valence electrons. The van der Waals surface area contributed by atoms with E-state index in [1.165, 1.54) is 12.8 Å². The van der Waals surface area contributed by atoms with Crippen LogP contribution in [-0.4, -0.2) is 6.61 Å². The molecule has 0 saturated heterocycles. The molecule has 1 aromatic carbocycles. The van der Waals surface area contributed by atoms with Gasteiger partial charge in [-0.05, 0) is 24.6 Å². The first-order valence-corrected chi connectivity index (χ1v) is 5.57. The van der Waals surface area contributed by atoms with Crippen LogP contribution in [0.15, 0.2) is 18.2 Å². The molecule has 0 unspecified atom stereocenters. The third kappa shape index (κ3) is 4.21. The molecule has 0 atom stereocenters. The number of hydrogen-bond acceptors (Lipinski definition) is 1. The fourth-order valence-electron chi connectivity index (χ4n) is 1.15. The lowest BCUT2D eigenvalue weighted by Crippen LogP contribution is -1.96. The first-order valence-electron chi connectivity index (χ1n) is 4.81. The highest BCUT2D eigenvalue weighted by atomic mass is 35.5. The zero-order valence-electron chi connectivity index (χ0n) is 8.22. The molecular weight excluding hydrogens is 219 g/mol. The molecule has 1 nitrogen and oxygen atoms in total. The van der Waals surface area contributed by atoms with Gasteiger partial charge >= 0.3 is 0 Å². The summed E-state index contributed by atoms with van der Waals surface area (Å²) in [6.07, 6.45) is 3.45. The molecule has 1 rings (SSSR count). The van der Waals surface area contributed by atoms with Gasteiger partial charge < -0.3 is 4.74 Å². The second kappa shape index (κ2) is 6.15. The van der Waals surface area contributed by atoms with Crippen LogP contribution in [0.1, 0.15) is 26.2 Å². The summed E-state index contributed by atoms with van der Waals surface area (Å²) in [6, 6.07) is 5.25. The molecule has 0 spiro atoms. The summed E-state index contributed by atoms with van der Waals surface area (Å²) in [7, 11) is 0. The van der Waals surface area contributed by atoms with Gasteiger partial charge in [0.25, 0.3) is 0 Å². The zero-order chi connectivity index (χ0) is 10.4. The maximum absolute atomic E-state index is 5.83. The van der Waals surface area contributed by atoms with Gasteiger partial charge in [0.2, 0.25) is 0 Å². The Kier molecular flexibility index (Phi) is 5.13. The summed E-state index contributed by atoms with van der Waals surface area (Å²) in [4.78, 5) is 0. The number of halogens is 2. The fraction of sp³-hybridized carbons (Fsp3) is 0.455. The smallest absolute Gasteiger partial charge is 0.122 e. The lowest BCUT2D eigenvalue weighted by molar-refractivity contribution is 0.306. The predicted octanol–water partition coefficient (Wildman–Crippen LogP) is 4.56. The van der Waals surface area contributed by atoms with Crippen LogP contribution < -0.4 is 4.74 Å². The number of hydrogen-bond donors (Lipinski definition) is 0. The molecule has 3 heteroatoms. The number of ether oxygens (including phenoxy) is 1. The predicted molar refractivity (Wildman–Crippen MR) is 61.5 cm³/mol. The summed E-state index contributed by atoms with van der Waals surface area (Å²) < 4.78 is 5.50. The van der Waals surface area contributed by atoms with Crippen molar-refractivity contribution in [2.75, 3.05) is 6.61 Å². The molecule has 0 heterocycles. The second-order valence-corrected chi connectivity index (χ2v) is 4.03. The van der Waals surface area contributed by atoms with Crippen molar-refractivity contribution in [3.63, 3.8) is 0 Å². The third-order valence-electron chi connectivity index (χ3n) is 1.85. The Morgan fingerprint density at radius 1 is 1.07 bits per heavy atom. The van der Waals surface area contributed by atoms with Crippen LogP contribution >= 0.6 is 23.2 Å².